The summed E-state index contributed by atoms with van der Waals surface area (Å²) in [5, 5.41) is 9.55. The van der Waals surface area contributed by atoms with Crippen LogP contribution in [-0.4, -0.2) is 5.11 Å². The molecule has 0 aromatic heterocycles. The van der Waals surface area contributed by atoms with Crippen LogP contribution >= 0.6 is 15.9 Å². The molecule has 0 heterocycles. The van der Waals surface area contributed by atoms with E-state index in [9.17, 15) is 9.50 Å². The van der Waals surface area contributed by atoms with Gasteiger partial charge in [-0.3, -0.25) is 0 Å². The molecule has 82 valence electrons. The van der Waals surface area contributed by atoms with Crippen molar-refractivity contribution in [2.24, 2.45) is 11.7 Å². The van der Waals surface area contributed by atoms with E-state index in [1.165, 1.54) is 18.9 Å². The average molecular weight is 274 g/mol. The van der Waals surface area contributed by atoms with E-state index in [0.717, 1.165) is 6.42 Å². The van der Waals surface area contributed by atoms with Gasteiger partial charge in [0.1, 0.15) is 0 Å². The molecule has 2 rings (SSSR count). The van der Waals surface area contributed by atoms with Gasteiger partial charge in [0, 0.05) is 16.1 Å². The average Bonchev–Trinajstić information content (AvgIpc) is 2.94. The van der Waals surface area contributed by atoms with Crippen LogP contribution in [-0.2, 0) is 0 Å². The van der Waals surface area contributed by atoms with Crippen molar-refractivity contribution in [1.29, 1.82) is 0 Å². The monoisotopic (exact) mass is 273 g/mol. The molecule has 1 aromatic rings. The summed E-state index contributed by atoms with van der Waals surface area (Å²) in [4.78, 5) is 0. The second kappa shape index (κ2) is 4.10. The highest BCUT2D eigenvalue weighted by Crippen LogP contribution is 2.39. The van der Waals surface area contributed by atoms with Crippen molar-refractivity contribution in [2.75, 3.05) is 0 Å². The predicted molar refractivity (Wildman–Crippen MR) is 60.0 cm³/mol. The second-order valence-corrected chi connectivity index (χ2v) is 5.03. The third-order valence-corrected chi connectivity index (χ3v) is 3.20. The number of halogens is 2. The van der Waals surface area contributed by atoms with Gasteiger partial charge < -0.3 is 10.8 Å². The lowest BCUT2D eigenvalue weighted by molar-refractivity contribution is 0.416. The summed E-state index contributed by atoms with van der Waals surface area (Å²) < 4.78 is 13.8. The molecular weight excluding hydrogens is 261 g/mol. The van der Waals surface area contributed by atoms with Crippen LogP contribution in [0.25, 0.3) is 0 Å². The maximum Gasteiger partial charge on any atom is 0.166 e. The van der Waals surface area contributed by atoms with Gasteiger partial charge in [-0.15, -0.1) is 0 Å². The summed E-state index contributed by atoms with van der Waals surface area (Å²) in [7, 11) is 0. The van der Waals surface area contributed by atoms with Gasteiger partial charge in [0.25, 0.3) is 0 Å². The van der Waals surface area contributed by atoms with Crippen molar-refractivity contribution in [3.05, 3.63) is 28.0 Å². The number of nitrogens with two attached hydrogens (primary N) is 1. The lowest BCUT2D eigenvalue weighted by Crippen LogP contribution is -2.11. The first-order valence-electron chi connectivity index (χ1n) is 5.01. The molecule has 0 radical (unpaired) electrons. The minimum Gasteiger partial charge on any atom is -0.505 e. The minimum atomic E-state index is -0.620. The lowest BCUT2D eigenvalue weighted by atomic mass is 10.0. The van der Waals surface area contributed by atoms with Gasteiger partial charge >= 0.3 is 0 Å². The molecule has 1 aliphatic carbocycles. The fourth-order valence-electron chi connectivity index (χ4n) is 1.71. The summed E-state index contributed by atoms with van der Waals surface area (Å²) in [6.07, 6.45) is 3.22. The molecule has 1 atom stereocenters. The van der Waals surface area contributed by atoms with Gasteiger partial charge in [0.2, 0.25) is 0 Å². The first-order chi connectivity index (χ1) is 7.08. The molecule has 1 aromatic carbocycles. The summed E-state index contributed by atoms with van der Waals surface area (Å²) in [6, 6.07) is 2.65. The van der Waals surface area contributed by atoms with E-state index in [1.807, 2.05) is 0 Å². The molecule has 1 saturated carbocycles. The van der Waals surface area contributed by atoms with Crippen molar-refractivity contribution in [2.45, 2.75) is 25.3 Å². The highest BCUT2D eigenvalue weighted by Gasteiger charge is 2.26. The molecule has 3 N–H and O–H groups in total. The third kappa shape index (κ3) is 2.49. The molecule has 0 amide bonds. The number of phenols is 1. The molecule has 1 aliphatic rings. The minimum absolute atomic E-state index is 0.274. The van der Waals surface area contributed by atoms with Crippen LogP contribution in [0.4, 0.5) is 4.39 Å². The summed E-state index contributed by atoms with van der Waals surface area (Å²) >= 11 is 3.19. The molecule has 15 heavy (non-hydrogen) atoms. The lowest BCUT2D eigenvalue weighted by Gasteiger charge is -2.14. The number of hydrogen-bond donors (Lipinski definition) is 2. The zero-order valence-corrected chi connectivity index (χ0v) is 9.80. The second-order valence-electron chi connectivity index (χ2n) is 4.11. The van der Waals surface area contributed by atoms with Crippen molar-refractivity contribution in [3.63, 3.8) is 0 Å². The zero-order chi connectivity index (χ0) is 11.0. The molecular formula is C11H13BrFNO. The van der Waals surface area contributed by atoms with Crippen LogP contribution in [0.15, 0.2) is 16.6 Å². The first kappa shape index (κ1) is 10.9. The largest absolute Gasteiger partial charge is 0.505 e. The SMILES string of the molecule is N[C@@H](CC1CC1)c1cc(Br)cc(F)c1O. The summed E-state index contributed by atoms with van der Waals surface area (Å²) in [5.74, 6) is -0.279. The van der Waals surface area contributed by atoms with E-state index in [4.69, 9.17) is 5.73 Å². The molecule has 1 fully saturated rings. The van der Waals surface area contributed by atoms with Gasteiger partial charge in [0.15, 0.2) is 11.6 Å². The fourth-order valence-corrected chi connectivity index (χ4v) is 2.16. The van der Waals surface area contributed by atoms with Gasteiger partial charge in [-0.1, -0.05) is 28.8 Å². The number of phenolic OH excluding ortho intramolecular Hbond substituents is 1. The molecule has 0 aliphatic heterocycles. The Morgan fingerprint density at radius 1 is 1.53 bits per heavy atom. The highest BCUT2D eigenvalue weighted by atomic mass is 79.9. The smallest absolute Gasteiger partial charge is 0.166 e. The van der Waals surface area contributed by atoms with Crippen LogP contribution in [0.1, 0.15) is 30.9 Å². The number of aromatic hydroxyl groups is 1. The number of hydrogen-bond acceptors (Lipinski definition) is 2. The van der Waals surface area contributed by atoms with Gasteiger partial charge in [-0.05, 0) is 24.5 Å². The topological polar surface area (TPSA) is 46.2 Å². The van der Waals surface area contributed by atoms with Gasteiger partial charge in [-0.25, -0.2) is 4.39 Å². The number of benzene rings is 1. The van der Waals surface area contributed by atoms with Gasteiger partial charge in [-0.2, -0.15) is 0 Å². The normalized spacial score (nSPS) is 17.8. The van der Waals surface area contributed by atoms with Crippen molar-refractivity contribution >= 4 is 15.9 Å². The van der Waals surface area contributed by atoms with Crippen LogP contribution in [0.2, 0.25) is 0 Å². The van der Waals surface area contributed by atoms with E-state index in [2.05, 4.69) is 15.9 Å². The van der Waals surface area contributed by atoms with E-state index in [1.54, 1.807) is 6.07 Å². The Labute approximate surface area is 96.4 Å². The quantitative estimate of drug-likeness (QED) is 0.889. The van der Waals surface area contributed by atoms with Crippen molar-refractivity contribution in [1.82, 2.24) is 0 Å². The van der Waals surface area contributed by atoms with Gasteiger partial charge in [0.05, 0.1) is 0 Å². The Kier molecular flexibility index (Phi) is 2.98. The van der Waals surface area contributed by atoms with Crippen LogP contribution in [0, 0.1) is 11.7 Å². The molecule has 0 spiro atoms. The van der Waals surface area contributed by atoms with E-state index in [-0.39, 0.29) is 11.8 Å². The van der Waals surface area contributed by atoms with Crippen LogP contribution in [0.3, 0.4) is 0 Å². The maximum atomic E-state index is 13.2. The molecule has 0 saturated heterocycles. The van der Waals surface area contributed by atoms with Crippen LogP contribution < -0.4 is 5.73 Å². The summed E-state index contributed by atoms with van der Waals surface area (Å²) in [5.41, 5.74) is 6.42. The number of rotatable bonds is 3. The zero-order valence-electron chi connectivity index (χ0n) is 8.21. The first-order valence-corrected chi connectivity index (χ1v) is 5.80. The Morgan fingerprint density at radius 3 is 2.80 bits per heavy atom. The molecule has 4 heteroatoms. The molecule has 0 bridgehead atoms. The van der Waals surface area contributed by atoms with E-state index in [0.29, 0.717) is 16.0 Å². The Balaban J connectivity index is 2.24. The Bertz CT molecular complexity index is 379. The standard InChI is InChI=1S/C11H13BrFNO/c12-7-4-8(11(15)9(13)5-7)10(14)3-6-1-2-6/h4-6,10,15H,1-3,14H2/t10-/m0/s1. The van der Waals surface area contributed by atoms with E-state index >= 15 is 0 Å². The highest BCUT2D eigenvalue weighted by molar-refractivity contribution is 9.10. The van der Waals surface area contributed by atoms with Crippen molar-refractivity contribution < 1.29 is 9.50 Å². The van der Waals surface area contributed by atoms with E-state index < -0.39 is 5.82 Å². The van der Waals surface area contributed by atoms with Crippen LogP contribution in [0.5, 0.6) is 5.75 Å². The Morgan fingerprint density at radius 2 is 2.20 bits per heavy atom. The predicted octanol–water partition coefficient (Wildman–Crippen LogP) is 3.09. The molecule has 0 unspecified atom stereocenters. The van der Waals surface area contributed by atoms with Crippen molar-refractivity contribution in [3.8, 4) is 5.75 Å². The summed E-state index contributed by atoms with van der Waals surface area (Å²) in [6.45, 7) is 0. The maximum absolute atomic E-state index is 13.2. The molecule has 2 nitrogen and oxygen atoms in total. The fraction of sp³-hybridized carbons (Fsp3) is 0.455. The Hall–Kier alpha value is -0.610. The third-order valence-electron chi connectivity index (χ3n) is 2.74.